The average molecular weight is 773 g/mol. The summed E-state index contributed by atoms with van der Waals surface area (Å²) in [4.78, 5) is 15.7. The van der Waals surface area contributed by atoms with Gasteiger partial charge in [-0.2, -0.15) is 5.26 Å². The molecule has 4 nitrogen and oxygen atoms in total. The van der Waals surface area contributed by atoms with Gasteiger partial charge < -0.3 is 0 Å². The van der Waals surface area contributed by atoms with E-state index in [2.05, 4.69) is 153 Å². The molecule has 8 aromatic rings. The molecule has 3 saturated carbocycles. The van der Waals surface area contributed by atoms with Gasteiger partial charge in [0.25, 0.3) is 0 Å². The molecule has 1 heterocycles. The summed E-state index contributed by atoms with van der Waals surface area (Å²) in [5, 5.41) is 10.2. The Kier molecular flexibility index (Phi) is 8.85. The number of rotatable bonds is 8. The van der Waals surface area contributed by atoms with Crippen LogP contribution in [0.1, 0.15) is 43.7 Å². The van der Waals surface area contributed by atoms with Crippen LogP contribution in [0.4, 0.5) is 0 Å². The first-order valence-electron chi connectivity index (χ1n) is 21.3. The Morgan fingerprint density at radius 3 is 1.45 bits per heavy atom. The predicted molar refractivity (Wildman–Crippen MR) is 242 cm³/mol. The Balaban J connectivity index is 1.06. The van der Waals surface area contributed by atoms with Crippen LogP contribution in [-0.2, 0) is 5.41 Å². The van der Waals surface area contributed by atoms with Gasteiger partial charge in [-0.1, -0.05) is 146 Å². The van der Waals surface area contributed by atoms with Crippen molar-refractivity contribution in [3.63, 3.8) is 0 Å². The van der Waals surface area contributed by atoms with E-state index in [1.165, 1.54) is 31.2 Å². The van der Waals surface area contributed by atoms with Gasteiger partial charge >= 0.3 is 0 Å². The standard InChI is InChI=1S/C56H44N4/c1-56(33-48-31-46-32-49(34-56)52(46)48)50-24-22-38(23-25-50)44-28-45(51-21-9-8-16-43(51)35-57)30-47(29-44)55-59-53(41-19-10-17-39(26-41)36-12-4-2-5-13-36)58-54(60-55)42-20-11-18-40(27-42)37-14-6-3-7-15-37/h2-30,46,48-49,52H,31-34H2,1H3/t46-,48+,49-,52?,56?. The maximum absolute atomic E-state index is 10.2. The van der Waals surface area contributed by atoms with E-state index in [9.17, 15) is 5.26 Å². The topological polar surface area (TPSA) is 62.5 Å². The van der Waals surface area contributed by atoms with Gasteiger partial charge in [-0.15, -0.1) is 0 Å². The Morgan fingerprint density at radius 1 is 0.433 bits per heavy atom. The van der Waals surface area contributed by atoms with Gasteiger partial charge in [0.05, 0.1) is 11.6 Å². The molecule has 3 aliphatic carbocycles. The normalized spacial score (nSPS) is 21.2. The zero-order valence-corrected chi connectivity index (χ0v) is 33.7. The van der Waals surface area contributed by atoms with Crippen molar-refractivity contribution in [3.05, 3.63) is 187 Å². The van der Waals surface area contributed by atoms with Crippen LogP contribution >= 0.6 is 0 Å². The highest BCUT2D eigenvalue weighted by atomic mass is 15.0. The fourth-order valence-corrected chi connectivity index (χ4v) is 10.9. The molecule has 4 heteroatoms. The molecular formula is C56H44N4. The average Bonchev–Trinajstić information content (AvgIpc) is 3.30. The molecule has 288 valence electrons. The Labute approximate surface area is 352 Å². The summed E-state index contributed by atoms with van der Waals surface area (Å²) in [6.07, 6.45) is 5.49. The van der Waals surface area contributed by atoms with Crippen LogP contribution in [0.3, 0.4) is 0 Å². The summed E-state index contributed by atoms with van der Waals surface area (Å²) in [5.41, 5.74) is 13.4. The lowest BCUT2D eigenvalue weighted by atomic mass is 9.39. The molecule has 2 unspecified atom stereocenters. The van der Waals surface area contributed by atoms with Crippen LogP contribution in [0.2, 0.25) is 0 Å². The summed E-state index contributed by atoms with van der Waals surface area (Å²) in [7, 11) is 0. The highest BCUT2D eigenvalue weighted by Crippen LogP contribution is 2.67. The summed E-state index contributed by atoms with van der Waals surface area (Å²) >= 11 is 0. The van der Waals surface area contributed by atoms with E-state index >= 15 is 0 Å². The molecule has 1 aromatic heterocycles. The van der Waals surface area contributed by atoms with Crippen LogP contribution in [0.5, 0.6) is 0 Å². The number of nitrogens with zero attached hydrogens (tertiary/aromatic N) is 4. The van der Waals surface area contributed by atoms with Crippen molar-refractivity contribution in [1.29, 1.82) is 5.26 Å². The molecule has 0 saturated heterocycles. The van der Waals surface area contributed by atoms with E-state index < -0.39 is 0 Å². The molecule has 0 amide bonds. The van der Waals surface area contributed by atoms with Gasteiger partial charge in [-0.05, 0) is 141 Å². The van der Waals surface area contributed by atoms with Crippen LogP contribution < -0.4 is 0 Å². The third-order valence-corrected chi connectivity index (χ3v) is 13.8. The Bertz CT molecular complexity index is 2810. The van der Waals surface area contributed by atoms with E-state index in [1.807, 2.05) is 36.4 Å². The van der Waals surface area contributed by atoms with E-state index in [0.29, 0.717) is 23.0 Å². The van der Waals surface area contributed by atoms with Crippen LogP contribution in [0.25, 0.3) is 78.7 Å². The molecule has 3 fully saturated rings. The Morgan fingerprint density at radius 2 is 0.883 bits per heavy atom. The van der Waals surface area contributed by atoms with Crippen LogP contribution in [-0.4, -0.2) is 15.0 Å². The molecular weight excluding hydrogens is 729 g/mol. The lowest BCUT2D eigenvalue weighted by Crippen LogP contribution is -2.58. The highest BCUT2D eigenvalue weighted by Gasteiger charge is 2.59. The van der Waals surface area contributed by atoms with E-state index in [1.54, 1.807) is 0 Å². The number of aromatic nitrogens is 3. The lowest BCUT2D eigenvalue weighted by molar-refractivity contribution is -0.141. The first kappa shape index (κ1) is 36.1. The second kappa shape index (κ2) is 14.7. The molecule has 60 heavy (non-hydrogen) atoms. The van der Waals surface area contributed by atoms with Crippen molar-refractivity contribution in [2.45, 2.75) is 38.0 Å². The van der Waals surface area contributed by atoms with E-state index in [0.717, 1.165) is 84.9 Å². The van der Waals surface area contributed by atoms with Crippen molar-refractivity contribution in [2.24, 2.45) is 23.7 Å². The summed E-state index contributed by atoms with van der Waals surface area (Å²) in [5.74, 6) is 5.61. The second-order valence-electron chi connectivity index (χ2n) is 17.5. The minimum absolute atomic E-state index is 0.224. The molecule has 3 aliphatic rings. The fraction of sp³-hybridized carbons (Fsp3) is 0.179. The van der Waals surface area contributed by atoms with Gasteiger partial charge in [0.15, 0.2) is 17.5 Å². The summed E-state index contributed by atoms with van der Waals surface area (Å²) < 4.78 is 0. The molecule has 0 radical (unpaired) electrons. The number of benzene rings is 7. The van der Waals surface area contributed by atoms with Gasteiger partial charge in [-0.25, -0.2) is 15.0 Å². The second-order valence-corrected chi connectivity index (χ2v) is 17.5. The largest absolute Gasteiger partial charge is 0.208 e. The quantitative estimate of drug-likeness (QED) is 0.154. The SMILES string of the molecule is CC1(c2ccc(-c3cc(-c4nc(-c5cccc(-c6ccccc6)c5)nc(-c5cccc(-c6ccccc6)c5)n4)cc(-c4ccccc4C#N)c3)cc2)C[C@H]2C[C@H]3C[C@@H](C1)C32. The molecule has 0 bridgehead atoms. The minimum atomic E-state index is 0.224. The highest BCUT2D eigenvalue weighted by molar-refractivity contribution is 5.83. The molecule has 5 atom stereocenters. The van der Waals surface area contributed by atoms with Crippen molar-refractivity contribution < 1.29 is 0 Å². The molecule has 0 N–H and O–H groups in total. The number of hydrogen-bond acceptors (Lipinski definition) is 4. The summed E-state index contributed by atoms with van der Waals surface area (Å²) in [6.45, 7) is 2.50. The van der Waals surface area contributed by atoms with Crippen molar-refractivity contribution in [1.82, 2.24) is 15.0 Å². The maximum atomic E-state index is 10.2. The maximum Gasteiger partial charge on any atom is 0.164 e. The van der Waals surface area contributed by atoms with Crippen molar-refractivity contribution in [3.8, 4) is 84.7 Å². The van der Waals surface area contributed by atoms with Crippen molar-refractivity contribution in [2.75, 3.05) is 0 Å². The van der Waals surface area contributed by atoms with E-state index in [-0.39, 0.29) is 5.41 Å². The number of hydrogen-bond donors (Lipinski definition) is 0. The minimum Gasteiger partial charge on any atom is -0.208 e. The smallest absolute Gasteiger partial charge is 0.164 e. The Hall–Kier alpha value is -6.96. The zero-order chi connectivity index (χ0) is 40.2. The number of nitriles is 1. The molecule has 0 spiro atoms. The van der Waals surface area contributed by atoms with Crippen molar-refractivity contribution >= 4 is 0 Å². The lowest BCUT2D eigenvalue weighted by Gasteiger charge is -2.65. The van der Waals surface area contributed by atoms with Crippen LogP contribution in [0.15, 0.2) is 176 Å². The first-order chi connectivity index (χ1) is 29.5. The molecule has 11 rings (SSSR count). The fourth-order valence-electron chi connectivity index (χ4n) is 10.9. The summed E-state index contributed by atoms with van der Waals surface area (Å²) in [6, 6.07) is 63.8. The van der Waals surface area contributed by atoms with Crippen LogP contribution in [0, 0.1) is 35.0 Å². The first-order valence-corrected chi connectivity index (χ1v) is 21.3. The van der Waals surface area contributed by atoms with Gasteiger partial charge in [0.1, 0.15) is 0 Å². The van der Waals surface area contributed by atoms with Gasteiger partial charge in [0, 0.05) is 16.7 Å². The third-order valence-electron chi connectivity index (χ3n) is 13.8. The van der Waals surface area contributed by atoms with Gasteiger partial charge in [-0.3, -0.25) is 0 Å². The monoisotopic (exact) mass is 772 g/mol. The zero-order valence-electron chi connectivity index (χ0n) is 33.7. The van der Waals surface area contributed by atoms with E-state index in [4.69, 9.17) is 15.0 Å². The molecule has 7 aromatic carbocycles. The predicted octanol–water partition coefficient (Wildman–Crippen LogP) is 13.7. The van der Waals surface area contributed by atoms with Gasteiger partial charge in [0.2, 0.25) is 0 Å². The molecule has 0 aliphatic heterocycles. The third kappa shape index (κ3) is 6.52.